The van der Waals surface area contributed by atoms with E-state index in [4.69, 9.17) is 37.0 Å². The van der Waals surface area contributed by atoms with Crippen LogP contribution >= 0.6 is 15.6 Å². The summed E-state index contributed by atoms with van der Waals surface area (Å²) in [7, 11) is -9.92. The van der Waals surface area contributed by atoms with Gasteiger partial charge in [-0.1, -0.05) is 357 Å². The van der Waals surface area contributed by atoms with E-state index in [2.05, 4.69) is 48.5 Å². The molecule has 0 amide bonds. The van der Waals surface area contributed by atoms with Crippen LogP contribution in [0.5, 0.6) is 0 Å². The Morgan fingerprint density at radius 2 is 0.469 bits per heavy atom. The third-order valence-corrected chi connectivity index (χ3v) is 20.3. The van der Waals surface area contributed by atoms with Crippen molar-refractivity contribution in [2.45, 2.75) is 426 Å². The van der Waals surface area contributed by atoms with E-state index < -0.39 is 97.5 Å². The van der Waals surface area contributed by atoms with Crippen molar-refractivity contribution in [2.75, 3.05) is 39.6 Å². The number of aliphatic hydroxyl groups excluding tert-OH is 1. The van der Waals surface area contributed by atoms with Crippen LogP contribution in [0.4, 0.5) is 0 Å². The number of carbonyl (C=O) groups is 4. The highest BCUT2D eigenvalue weighted by Crippen LogP contribution is 2.45. The lowest BCUT2D eigenvalue weighted by Gasteiger charge is -2.21. The summed E-state index contributed by atoms with van der Waals surface area (Å²) >= 11 is 0. The Balaban J connectivity index is 5.25. The van der Waals surface area contributed by atoms with Crippen LogP contribution in [0, 0.1) is 17.8 Å². The van der Waals surface area contributed by atoms with E-state index in [1.165, 1.54) is 212 Å². The first-order valence-electron chi connectivity index (χ1n) is 40.8. The number of hydrogen-bond donors (Lipinski definition) is 3. The molecule has 0 aromatic rings. The predicted octanol–water partition coefficient (Wildman–Crippen LogP) is 23.4. The van der Waals surface area contributed by atoms with Gasteiger partial charge < -0.3 is 33.8 Å². The molecule has 0 fully saturated rings. The molecule has 0 bridgehead atoms. The monoisotopic (exact) mass is 1440 g/mol. The van der Waals surface area contributed by atoms with Crippen LogP contribution < -0.4 is 0 Å². The lowest BCUT2D eigenvalue weighted by molar-refractivity contribution is -0.161. The number of aliphatic hydroxyl groups is 1. The van der Waals surface area contributed by atoms with Crippen LogP contribution in [0.25, 0.3) is 0 Å². The van der Waals surface area contributed by atoms with Crippen molar-refractivity contribution in [2.24, 2.45) is 17.8 Å². The summed E-state index contributed by atoms with van der Waals surface area (Å²) in [6.07, 6.45) is 56.9. The summed E-state index contributed by atoms with van der Waals surface area (Å²) in [5.41, 5.74) is 0. The summed E-state index contributed by atoms with van der Waals surface area (Å²) in [6.45, 7) is 11.9. The van der Waals surface area contributed by atoms with E-state index in [9.17, 15) is 43.2 Å². The molecule has 0 saturated carbocycles. The molecule has 582 valence electrons. The van der Waals surface area contributed by atoms with Crippen LogP contribution in [-0.2, 0) is 65.4 Å². The number of phosphoric acid groups is 2. The van der Waals surface area contributed by atoms with Crippen molar-refractivity contribution in [3.63, 3.8) is 0 Å². The molecule has 0 aliphatic rings. The van der Waals surface area contributed by atoms with Gasteiger partial charge in [0, 0.05) is 25.7 Å². The Bertz CT molecular complexity index is 1900. The van der Waals surface area contributed by atoms with E-state index in [1.54, 1.807) is 0 Å². The van der Waals surface area contributed by atoms with E-state index >= 15 is 0 Å². The van der Waals surface area contributed by atoms with Gasteiger partial charge >= 0.3 is 39.5 Å². The topological polar surface area (TPSA) is 237 Å². The van der Waals surface area contributed by atoms with Gasteiger partial charge in [0.25, 0.3) is 0 Å². The molecule has 17 nitrogen and oxygen atoms in total. The summed E-state index contributed by atoms with van der Waals surface area (Å²) in [4.78, 5) is 72.9. The number of carbonyl (C=O) groups excluding carboxylic acids is 4. The van der Waals surface area contributed by atoms with E-state index in [0.717, 1.165) is 108 Å². The fraction of sp³-hybridized carbons (Fsp3) is 0.949. The van der Waals surface area contributed by atoms with E-state index in [-0.39, 0.29) is 25.7 Å². The Morgan fingerprint density at radius 1 is 0.276 bits per heavy atom. The fourth-order valence-electron chi connectivity index (χ4n) is 12.1. The quantitative estimate of drug-likeness (QED) is 0.0222. The van der Waals surface area contributed by atoms with Crippen molar-refractivity contribution in [3.8, 4) is 0 Å². The van der Waals surface area contributed by atoms with Crippen molar-refractivity contribution < 1.29 is 80.2 Å². The number of unbranched alkanes of at least 4 members (excludes halogenated alkanes) is 45. The highest BCUT2D eigenvalue weighted by Gasteiger charge is 2.30. The second-order valence-electron chi connectivity index (χ2n) is 29.9. The van der Waals surface area contributed by atoms with Gasteiger partial charge in [0.1, 0.15) is 19.3 Å². The van der Waals surface area contributed by atoms with Crippen LogP contribution in [0.1, 0.15) is 408 Å². The maximum Gasteiger partial charge on any atom is 0.472 e. The average molecular weight is 1440 g/mol. The molecule has 19 heteroatoms. The summed E-state index contributed by atoms with van der Waals surface area (Å²) in [5, 5.41) is 10.6. The van der Waals surface area contributed by atoms with E-state index in [0.29, 0.717) is 31.6 Å². The molecular formula is C79H154O17P2. The molecule has 0 spiro atoms. The van der Waals surface area contributed by atoms with Gasteiger partial charge in [-0.15, -0.1) is 0 Å². The highest BCUT2D eigenvalue weighted by molar-refractivity contribution is 7.47. The van der Waals surface area contributed by atoms with Gasteiger partial charge in [0.05, 0.1) is 26.4 Å². The van der Waals surface area contributed by atoms with Crippen LogP contribution in [0.15, 0.2) is 0 Å². The van der Waals surface area contributed by atoms with Gasteiger partial charge in [-0.05, 0) is 43.4 Å². The number of ether oxygens (including phenoxy) is 4. The second kappa shape index (κ2) is 69.4. The number of hydrogen-bond acceptors (Lipinski definition) is 15. The SMILES string of the molecule is CCCCCCCCCCCCCCCCCCC(=O)OC[C@H](COP(=O)(O)OC[C@@H](O)COP(=O)(O)OC[C@@H](COC(=O)CCCCCCCCCC(C)C)OC(=O)CCCCCCCCCCCCCCC(C)C)OC(=O)CCCCCCCCCCCCCCCCC(C)C. The highest BCUT2D eigenvalue weighted by atomic mass is 31.2. The minimum absolute atomic E-state index is 0.106. The summed E-state index contributed by atoms with van der Waals surface area (Å²) in [5.74, 6) is 0.163. The molecule has 0 radical (unpaired) electrons. The smallest absolute Gasteiger partial charge is 0.462 e. The lowest BCUT2D eigenvalue weighted by Crippen LogP contribution is -2.30. The Kier molecular flexibility index (Phi) is 68.1. The molecule has 0 aliphatic heterocycles. The normalized spacial score (nSPS) is 14.0. The van der Waals surface area contributed by atoms with Crippen molar-refractivity contribution in [1.82, 2.24) is 0 Å². The third-order valence-electron chi connectivity index (χ3n) is 18.4. The first-order chi connectivity index (χ1) is 47.2. The Hall–Kier alpha value is -1.94. The molecule has 0 rings (SSSR count). The van der Waals surface area contributed by atoms with E-state index in [1.807, 2.05) is 0 Å². The van der Waals surface area contributed by atoms with Gasteiger partial charge in [-0.3, -0.25) is 37.3 Å². The number of rotatable bonds is 77. The fourth-order valence-corrected chi connectivity index (χ4v) is 13.7. The average Bonchev–Trinajstić information content (AvgIpc) is 0.973. The molecule has 0 aliphatic carbocycles. The first-order valence-corrected chi connectivity index (χ1v) is 43.8. The maximum absolute atomic E-state index is 13.1. The van der Waals surface area contributed by atoms with Crippen LogP contribution in [-0.4, -0.2) is 96.7 Å². The standard InChI is InChI=1S/C79H154O17P2/c1-8-9-10-11-12-13-14-15-16-17-21-27-32-39-46-53-60-76(81)89-66-74(95-78(83)62-55-48-40-33-28-22-19-18-20-25-30-36-43-50-57-70(2)3)68-93-97(85,86)91-64-73(80)65-92-98(87,88)94-69-75(67-90-77(82)61-54-47-42-35-38-45-52-59-72(6)7)96-79(84)63-56-49-41-34-29-24-23-26-31-37-44-51-58-71(4)5/h70-75,80H,8-69H2,1-7H3,(H,85,86)(H,87,88)/t73-,74-,75-/m1/s1. The molecule has 0 aromatic heterocycles. The molecule has 5 atom stereocenters. The minimum Gasteiger partial charge on any atom is -0.462 e. The van der Waals surface area contributed by atoms with Gasteiger partial charge in [0.2, 0.25) is 0 Å². The molecule has 98 heavy (non-hydrogen) atoms. The van der Waals surface area contributed by atoms with Crippen molar-refractivity contribution >= 4 is 39.5 Å². The largest absolute Gasteiger partial charge is 0.472 e. The summed E-state index contributed by atoms with van der Waals surface area (Å²) in [6, 6.07) is 0. The zero-order valence-corrected chi connectivity index (χ0v) is 66.0. The van der Waals surface area contributed by atoms with Gasteiger partial charge in [0.15, 0.2) is 12.2 Å². The third kappa shape index (κ3) is 72.4. The molecule has 3 N–H and O–H groups in total. The summed E-state index contributed by atoms with van der Waals surface area (Å²) < 4.78 is 68.7. The Morgan fingerprint density at radius 3 is 0.694 bits per heavy atom. The van der Waals surface area contributed by atoms with Crippen LogP contribution in [0.3, 0.4) is 0 Å². The van der Waals surface area contributed by atoms with Crippen molar-refractivity contribution in [1.29, 1.82) is 0 Å². The molecule has 0 heterocycles. The van der Waals surface area contributed by atoms with Gasteiger partial charge in [-0.2, -0.15) is 0 Å². The zero-order chi connectivity index (χ0) is 72.3. The molecule has 0 aromatic carbocycles. The van der Waals surface area contributed by atoms with Crippen molar-refractivity contribution in [3.05, 3.63) is 0 Å². The zero-order valence-electron chi connectivity index (χ0n) is 64.3. The van der Waals surface area contributed by atoms with Crippen LogP contribution in [0.2, 0.25) is 0 Å². The molecule has 0 saturated heterocycles. The minimum atomic E-state index is -4.96. The predicted molar refractivity (Wildman–Crippen MR) is 400 cm³/mol. The maximum atomic E-state index is 13.1. The first kappa shape index (κ1) is 96.1. The number of phosphoric ester groups is 2. The number of esters is 4. The molecule has 2 unspecified atom stereocenters. The lowest BCUT2D eigenvalue weighted by atomic mass is 10.0. The Labute approximate surface area is 600 Å². The van der Waals surface area contributed by atoms with Gasteiger partial charge in [-0.25, -0.2) is 9.13 Å². The molecular weight excluding hydrogens is 1280 g/mol. The second-order valence-corrected chi connectivity index (χ2v) is 32.8.